The van der Waals surface area contributed by atoms with Crippen molar-refractivity contribution in [1.29, 1.82) is 0 Å². The smallest absolute Gasteiger partial charge is 0.170 e. The van der Waals surface area contributed by atoms with Crippen LogP contribution in [0.25, 0.3) is 5.57 Å². The molecule has 0 aliphatic carbocycles. The van der Waals surface area contributed by atoms with Gasteiger partial charge in [0.05, 0.1) is 12.2 Å². The molecule has 0 radical (unpaired) electrons. The number of carbonyl (C=O) groups excluding carboxylic acids is 1. The predicted molar refractivity (Wildman–Crippen MR) is 111 cm³/mol. The fourth-order valence-electron chi connectivity index (χ4n) is 3.21. The first-order chi connectivity index (χ1) is 13.9. The highest BCUT2D eigenvalue weighted by Gasteiger charge is 2.20. The lowest BCUT2D eigenvalue weighted by atomic mass is 9.93. The molecule has 0 amide bonds. The minimum atomic E-state index is -0.597. The summed E-state index contributed by atoms with van der Waals surface area (Å²) in [6, 6.07) is 7.52. The fourth-order valence-corrected chi connectivity index (χ4v) is 3.21. The van der Waals surface area contributed by atoms with Crippen LogP contribution < -0.4 is 10.1 Å². The fraction of sp³-hybridized carbons (Fsp3) is 0.208. The second-order valence-electron chi connectivity index (χ2n) is 6.84. The van der Waals surface area contributed by atoms with E-state index in [1.165, 1.54) is 18.2 Å². The van der Waals surface area contributed by atoms with Crippen molar-refractivity contribution >= 4 is 11.4 Å². The third-order valence-corrected chi connectivity index (χ3v) is 4.85. The van der Waals surface area contributed by atoms with Gasteiger partial charge in [0, 0.05) is 24.2 Å². The molecule has 1 heterocycles. The molecule has 0 aromatic heterocycles. The molecule has 5 heteroatoms. The molecule has 3 nitrogen and oxygen atoms in total. The largest absolute Gasteiger partial charge is 0.492 e. The van der Waals surface area contributed by atoms with E-state index in [-0.39, 0.29) is 17.9 Å². The first kappa shape index (κ1) is 20.5. The van der Waals surface area contributed by atoms with Crippen molar-refractivity contribution in [3.8, 4) is 5.75 Å². The third kappa shape index (κ3) is 4.62. The molecule has 0 bridgehead atoms. The van der Waals surface area contributed by atoms with Crippen molar-refractivity contribution in [1.82, 2.24) is 5.32 Å². The average molecular weight is 395 g/mol. The monoisotopic (exact) mass is 395 g/mol. The van der Waals surface area contributed by atoms with Crippen LogP contribution >= 0.6 is 0 Å². The molecule has 0 fully saturated rings. The van der Waals surface area contributed by atoms with Gasteiger partial charge in [-0.2, -0.15) is 0 Å². The minimum Gasteiger partial charge on any atom is -0.492 e. The van der Waals surface area contributed by atoms with Crippen LogP contribution in [0.5, 0.6) is 5.75 Å². The SMILES string of the molecule is C=C(/C=C\C(=C/C)c1cc2c(cc1C)OCCC2=O)NCc1c(F)cccc1F. The van der Waals surface area contributed by atoms with Crippen LogP contribution in [0, 0.1) is 18.6 Å². The van der Waals surface area contributed by atoms with Crippen LogP contribution in [-0.4, -0.2) is 12.4 Å². The summed E-state index contributed by atoms with van der Waals surface area (Å²) < 4.78 is 33.1. The Morgan fingerprint density at radius 2 is 1.97 bits per heavy atom. The second kappa shape index (κ2) is 8.86. The molecule has 2 aromatic carbocycles. The van der Waals surface area contributed by atoms with Crippen LogP contribution in [-0.2, 0) is 6.54 Å². The van der Waals surface area contributed by atoms with Crippen LogP contribution in [0.3, 0.4) is 0 Å². The lowest BCUT2D eigenvalue weighted by Crippen LogP contribution is -2.16. The van der Waals surface area contributed by atoms with Crippen LogP contribution in [0.1, 0.15) is 40.4 Å². The Hall–Kier alpha value is -3.21. The molecule has 0 spiro atoms. The van der Waals surface area contributed by atoms with E-state index in [1.54, 1.807) is 6.08 Å². The van der Waals surface area contributed by atoms with Crippen LogP contribution in [0.2, 0.25) is 0 Å². The summed E-state index contributed by atoms with van der Waals surface area (Å²) in [4.78, 5) is 12.2. The van der Waals surface area contributed by atoms with Crippen molar-refractivity contribution in [3.63, 3.8) is 0 Å². The van der Waals surface area contributed by atoms with Crippen molar-refractivity contribution in [2.75, 3.05) is 6.61 Å². The Balaban J connectivity index is 1.74. The first-order valence-electron chi connectivity index (χ1n) is 9.41. The number of rotatable bonds is 6. The van der Waals surface area contributed by atoms with E-state index in [9.17, 15) is 13.6 Å². The maximum atomic E-state index is 13.7. The maximum Gasteiger partial charge on any atom is 0.170 e. The van der Waals surface area contributed by atoms with E-state index in [0.717, 1.165) is 16.7 Å². The van der Waals surface area contributed by atoms with Gasteiger partial charge >= 0.3 is 0 Å². The van der Waals surface area contributed by atoms with E-state index in [0.29, 0.717) is 30.0 Å². The number of aryl methyl sites for hydroxylation is 1. The molecule has 29 heavy (non-hydrogen) atoms. The highest BCUT2D eigenvalue weighted by Crippen LogP contribution is 2.31. The molecule has 0 unspecified atom stereocenters. The Kier molecular flexibility index (Phi) is 6.27. The van der Waals surface area contributed by atoms with Crippen molar-refractivity contribution in [3.05, 3.63) is 94.7 Å². The van der Waals surface area contributed by atoms with Gasteiger partial charge in [-0.05, 0) is 60.9 Å². The van der Waals surface area contributed by atoms with Crippen LogP contribution in [0.4, 0.5) is 8.78 Å². The number of nitrogens with one attached hydrogen (secondary N) is 1. The normalized spacial score (nSPS) is 13.9. The molecular weight excluding hydrogens is 372 g/mol. The number of halogens is 2. The van der Waals surface area contributed by atoms with E-state index in [4.69, 9.17) is 4.74 Å². The Bertz CT molecular complexity index is 1000. The summed E-state index contributed by atoms with van der Waals surface area (Å²) in [5.74, 6) is -0.496. The van der Waals surface area contributed by atoms with Gasteiger partial charge < -0.3 is 10.1 Å². The second-order valence-corrected chi connectivity index (χ2v) is 6.84. The molecule has 1 aliphatic heterocycles. The Morgan fingerprint density at radius 1 is 1.24 bits per heavy atom. The standard InChI is InChI=1S/C24H23F2NO2/c1-4-17(18-13-19-23(28)10-11-29-24(19)12-15(18)2)9-8-16(3)27-14-20-21(25)6-5-7-22(20)26/h4-9,12-13,27H,3,10-11,14H2,1-2H3/b9-8-,17-4+. The topological polar surface area (TPSA) is 38.3 Å². The van der Waals surface area contributed by atoms with Gasteiger partial charge in [-0.15, -0.1) is 0 Å². The minimum absolute atomic E-state index is 0.00341. The predicted octanol–water partition coefficient (Wildman–Crippen LogP) is 5.50. The summed E-state index contributed by atoms with van der Waals surface area (Å²) in [7, 11) is 0. The van der Waals surface area contributed by atoms with Gasteiger partial charge in [-0.1, -0.05) is 24.8 Å². The highest BCUT2D eigenvalue weighted by molar-refractivity contribution is 6.01. The highest BCUT2D eigenvalue weighted by atomic mass is 19.1. The van der Waals surface area contributed by atoms with Crippen molar-refractivity contribution in [2.24, 2.45) is 0 Å². The van der Waals surface area contributed by atoms with Crippen molar-refractivity contribution < 1.29 is 18.3 Å². The lowest BCUT2D eigenvalue weighted by Gasteiger charge is -2.19. The molecule has 0 saturated carbocycles. The molecule has 3 rings (SSSR count). The summed E-state index contributed by atoms with van der Waals surface area (Å²) in [6.07, 6.45) is 5.91. The first-order valence-corrected chi connectivity index (χ1v) is 9.41. The molecule has 1 N–H and O–H groups in total. The van der Waals surface area contributed by atoms with E-state index in [2.05, 4.69) is 11.9 Å². The number of Topliss-reactive ketones (excluding diaryl/α,β-unsaturated/α-hetero) is 1. The van der Waals surface area contributed by atoms with E-state index < -0.39 is 11.6 Å². The molecule has 2 aromatic rings. The van der Waals surface area contributed by atoms with E-state index in [1.807, 2.05) is 38.1 Å². The summed E-state index contributed by atoms with van der Waals surface area (Å²) in [5, 5.41) is 2.92. The lowest BCUT2D eigenvalue weighted by molar-refractivity contribution is 0.0933. The molecular formula is C24H23F2NO2. The number of ketones is 1. The maximum absolute atomic E-state index is 13.7. The molecule has 0 atom stereocenters. The quantitative estimate of drug-likeness (QED) is 0.656. The number of ether oxygens (including phenoxy) is 1. The van der Waals surface area contributed by atoms with Gasteiger partial charge in [0.25, 0.3) is 0 Å². The number of hydrogen-bond donors (Lipinski definition) is 1. The average Bonchev–Trinajstić information content (AvgIpc) is 2.68. The number of fused-ring (bicyclic) bond motifs is 1. The summed E-state index contributed by atoms with van der Waals surface area (Å²) in [5.41, 5.74) is 3.90. The van der Waals surface area contributed by atoms with Gasteiger partial charge in [0.1, 0.15) is 17.4 Å². The van der Waals surface area contributed by atoms with Crippen molar-refractivity contribution in [2.45, 2.75) is 26.8 Å². The van der Waals surface area contributed by atoms with Crippen LogP contribution in [0.15, 0.2) is 60.8 Å². The van der Waals surface area contributed by atoms with Gasteiger partial charge in [-0.25, -0.2) is 8.78 Å². The Labute approximate surface area is 169 Å². The third-order valence-electron chi connectivity index (χ3n) is 4.85. The Morgan fingerprint density at radius 3 is 2.66 bits per heavy atom. The number of carbonyl (C=O) groups is 1. The number of hydrogen-bond acceptors (Lipinski definition) is 3. The van der Waals surface area contributed by atoms with Gasteiger partial charge in [0.2, 0.25) is 0 Å². The summed E-state index contributed by atoms with van der Waals surface area (Å²) >= 11 is 0. The van der Waals surface area contributed by atoms with E-state index >= 15 is 0 Å². The number of allylic oxidation sites excluding steroid dienone is 4. The number of benzene rings is 2. The van der Waals surface area contributed by atoms with Gasteiger partial charge in [0.15, 0.2) is 5.78 Å². The molecule has 150 valence electrons. The zero-order chi connectivity index (χ0) is 21.0. The van der Waals surface area contributed by atoms with Gasteiger partial charge in [-0.3, -0.25) is 4.79 Å². The zero-order valence-corrected chi connectivity index (χ0v) is 16.5. The summed E-state index contributed by atoms with van der Waals surface area (Å²) in [6.45, 7) is 8.16. The zero-order valence-electron chi connectivity index (χ0n) is 16.5. The molecule has 0 saturated heterocycles. The molecule has 1 aliphatic rings.